The van der Waals surface area contributed by atoms with Crippen LogP contribution < -0.4 is 10.1 Å². The predicted molar refractivity (Wildman–Crippen MR) is 63.6 cm³/mol. The van der Waals surface area contributed by atoms with Crippen molar-refractivity contribution in [2.45, 2.75) is 13.0 Å². The highest BCUT2D eigenvalue weighted by atomic mass is 16.5. The Morgan fingerprint density at radius 1 is 1.59 bits per heavy atom. The predicted octanol–water partition coefficient (Wildman–Crippen LogP) is 0.888. The van der Waals surface area contributed by atoms with Crippen LogP contribution in [0.5, 0.6) is 5.75 Å². The fraction of sp³-hybridized carbons (Fsp3) is 0.333. The molecule has 0 amide bonds. The zero-order valence-electron chi connectivity index (χ0n) is 9.51. The Bertz CT molecular complexity index is 457. The van der Waals surface area contributed by atoms with E-state index < -0.39 is 12.1 Å². The lowest BCUT2D eigenvalue weighted by Gasteiger charge is -2.11. The molecule has 5 heteroatoms. The molecule has 1 aliphatic rings. The summed E-state index contributed by atoms with van der Waals surface area (Å²) in [5.74, 6) is 0.388. The number of nitrogens with one attached hydrogen (secondary N) is 1. The summed E-state index contributed by atoms with van der Waals surface area (Å²) in [6, 6.07) is 7.26. The van der Waals surface area contributed by atoms with Crippen molar-refractivity contribution in [1.82, 2.24) is 5.32 Å². The van der Waals surface area contributed by atoms with Gasteiger partial charge in [-0.1, -0.05) is 12.1 Å². The summed E-state index contributed by atoms with van der Waals surface area (Å²) in [6.45, 7) is 3.11. The molecule has 0 radical (unpaired) electrons. The fourth-order valence-corrected chi connectivity index (χ4v) is 1.56. The Balaban J connectivity index is 2.14. The van der Waals surface area contributed by atoms with E-state index in [2.05, 4.69) is 10.3 Å². The van der Waals surface area contributed by atoms with Crippen LogP contribution in [0.4, 0.5) is 0 Å². The molecule has 1 aliphatic heterocycles. The Morgan fingerprint density at radius 3 is 3.06 bits per heavy atom. The van der Waals surface area contributed by atoms with E-state index in [1.807, 2.05) is 12.1 Å². The van der Waals surface area contributed by atoms with Crippen molar-refractivity contribution < 1.29 is 14.6 Å². The summed E-state index contributed by atoms with van der Waals surface area (Å²) < 4.78 is 5.29. The van der Waals surface area contributed by atoms with Crippen molar-refractivity contribution >= 4 is 11.8 Å². The molecule has 0 aromatic heterocycles. The van der Waals surface area contributed by atoms with Crippen LogP contribution in [-0.2, 0) is 4.79 Å². The first-order valence-corrected chi connectivity index (χ1v) is 5.45. The Morgan fingerprint density at radius 2 is 2.41 bits per heavy atom. The number of carboxylic acids is 1. The van der Waals surface area contributed by atoms with Gasteiger partial charge in [-0.2, -0.15) is 0 Å². The second-order valence-electron chi connectivity index (χ2n) is 3.78. The molecule has 1 heterocycles. The van der Waals surface area contributed by atoms with E-state index in [0.29, 0.717) is 5.75 Å². The highest BCUT2D eigenvalue weighted by molar-refractivity contribution is 6.00. The van der Waals surface area contributed by atoms with Crippen LogP contribution in [0.2, 0.25) is 0 Å². The molecular weight excluding hydrogens is 220 g/mol. The van der Waals surface area contributed by atoms with Gasteiger partial charge in [0.05, 0.1) is 6.54 Å². The van der Waals surface area contributed by atoms with Crippen molar-refractivity contribution in [3.63, 3.8) is 0 Å². The van der Waals surface area contributed by atoms with Crippen LogP contribution >= 0.6 is 0 Å². The number of aliphatic carboxylic acids is 1. The smallest absolute Gasteiger partial charge is 0.344 e. The van der Waals surface area contributed by atoms with Gasteiger partial charge < -0.3 is 15.2 Å². The average Bonchev–Trinajstić information content (AvgIpc) is 2.82. The number of ether oxygens (including phenoxy) is 1. The lowest BCUT2D eigenvalue weighted by Crippen LogP contribution is -2.23. The highest BCUT2D eigenvalue weighted by Crippen LogP contribution is 2.16. The standard InChI is InChI=1S/C12H14N2O3/c1-8(12(15)16)17-10-4-2-3-9(7-10)11-13-5-6-14-11/h2-4,7-8H,5-6H2,1H3,(H,13,14)(H,15,16). The third-order valence-electron chi connectivity index (χ3n) is 2.44. The molecule has 0 fully saturated rings. The van der Waals surface area contributed by atoms with Gasteiger partial charge in [-0.25, -0.2) is 4.79 Å². The molecule has 0 aliphatic carbocycles. The maximum absolute atomic E-state index is 10.7. The summed E-state index contributed by atoms with van der Waals surface area (Å²) in [5, 5.41) is 11.9. The lowest BCUT2D eigenvalue weighted by atomic mass is 10.2. The quantitative estimate of drug-likeness (QED) is 0.811. The number of amidine groups is 1. The zero-order valence-corrected chi connectivity index (χ0v) is 9.51. The lowest BCUT2D eigenvalue weighted by molar-refractivity contribution is -0.144. The van der Waals surface area contributed by atoms with E-state index in [9.17, 15) is 4.79 Å². The maximum atomic E-state index is 10.7. The van der Waals surface area contributed by atoms with Gasteiger partial charge in [0.25, 0.3) is 0 Å². The van der Waals surface area contributed by atoms with E-state index in [1.54, 1.807) is 12.1 Å². The highest BCUT2D eigenvalue weighted by Gasteiger charge is 2.14. The number of carbonyl (C=O) groups is 1. The van der Waals surface area contributed by atoms with Gasteiger partial charge in [-0.15, -0.1) is 0 Å². The van der Waals surface area contributed by atoms with Crippen molar-refractivity contribution in [3.8, 4) is 5.75 Å². The number of nitrogens with zero attached hydrogens (tertiary/aromatic N) is 1. The van der Waals surface area contributed by atoms with E-state index in [4.69, 9.17) is 9.84 Å². The van der Waals surface area contributed by atoms with Crippen molar-refractivity contribution in [3.05, 3.63) is 29.8 Å². The number of hydrogen-bond acceptors (Lipinski definition) is 4. The topological polar surface area (TPSA) is 70.9 Å². The normalized spacial score (nSPS) is 15.9. The summed E-state index contributed by atoms with van der Waals surface area (Å²) in [4.78, 5) is 15.0. The first-order valence-electron chi connectivity index (χ1n) is 5.45. The number of carboxylic acid groups (broad SMARTS) is 1. The van der Waals surface area contributed by atoms with Gasteiger partial charge in [-0.05, 0) is 19.1 Å². The van der Waals surface area contributed by atoms with Gasteiger partial charge in [0.1, 0.15) is 11.6 Å². The van der Waals surface area contributed by atoms with Crippen molar-refractivity contribution in [2.24, 2.45) is 4.99 Å². The second kappa shape index (κ2) is 4.86. The van der Waals surface area contributed by atoms with E-state index in [1.165, 1.54) is 6.92 Å². The summed E-state index contributed by atoms with van der Waals surface area (Å²) in [5.41, 5.74) is 0.914. The summed E-state index contributed by atoms with van der Waals surface area (Å²) in [6.07, 6.45) is -0.858. The molecule has 2 rings (SSSR count). The molecule has 1 aromatic carbocycles. The van der Waals surface area contributed by atoms with Crippen LogP contribution in [0.25, 0.3) is 0 Å². The molecule has 0 spiro atoms. The van der Waals surface area contributed by atoms with Crippen LogP contribution in [0, 0.1) is 0 Å². The van der Waals surface area contributed by atoms with E-state index in [-0.39, 0.29) is 0 Å². The Kier molecular flexibility index (Phi) is 3.27. The van der Waals surface area contributed by atoms with Gasteiger partial charge in [-0.3, -0.25) is 4.99 Å². The molecule has 0 saturated carbocycles. The largest absolute Gasteiger partial charge is 0.479 e. The van der Waals surface area contributed by atoms with Crippen molar-refractivity contribution in [1.29, 1.82) is 0 Å². The molecule has 0 saturated heterocycles. The summed E-state index contributed by atoms with van der Waals surface area (Å²) >= 11 is 0. The molecule has 1 unspecified atom stereocenters. The van der Waals surface area contributed by atoms with Gasteiger partial charge in [0.15, 0.2) is 6.10 Å². The third-order valence-corrected chi connectivity index (χ3v) is 2.44. The SMILES string of the molecule is CC(Oc1cccc(C2=NCCN2)c1)C(=O)O. The first-order chi connectivity index (χ1) is 8.16. The molecule has 1 aromatic rings. The van der Waals surface area contributed by atoms with Gasteiger partial charge in [0.2, 0.25) is 0 Å². The Hall–Kier alpha value is -2.04. The third kappa shape index (κ3) is 2.75. The molecule has 90 valence electrons. The average molecular weight is 234 g/mol. The van der Waals surface area contributed by atoms with Crippen LogP contribution in [-0.4, -0.2) is 36.1 Å². The van der Waals surface area contributed by atoms with Crippen LogP contribution in [0.15, 0.2) is 29.3 Å². The monoisotopic (exact) mass is 234 g/mol. The van der Waals surface area contributed by atoms with Gasteiger partial charge in [0, 0.05) is 12.1 Å². The second-order valence-corrected chi connectivity index (χ2v) is 3.78. The minimum atomic E-state index is -0.980. The van der Waals surface area contributed by atoms with Crippen LogP contribution in [0.3, 0.4) is 0 Å². The minimum absolute atomic E-state index is 0.536. The first kappa shape index (κ1) is 11.4. The number of aliphatic imine (C=N–C) groups is 1. The molecule has 2 N–H and O–H groups in total. The molecule has 17 heavy (non-hydrogen) atoms. The molecule has 0 bridgehead atoms. The fourth-order valence-electron chi connectivity index (χ4n) is 1.56. The van der Waals surface area contributed by atoms with E-state index >= 15 is 0 Å². The van der Waals surface area contributed by atoms with Crippen molar-refractivity contribution in [2.75, 3.05) is 13.1 Å². The molecular formula is C12H14N2O3. The summed E-state index contributed by atoms with van der Waals surface area (Å²) in [7, 11) is 0. The van der Waals surface area contributed by atoms with E-state index in [0.717, 1.165) is 24.5 Å². The Labute approximate surface area is 99.1 Å². The molecule has 1 atom stereocenters. The zero-order chi connectivity index (χ0) is 12.3. The minimum Gasteiger partial charge on any atom is -0.479 e. The number of rotatable bonds is 4. The maximum Gasteiger partial charge on any atom is 0.344 e. The van der Waals surface area contributed by atoms with Gasteiger partial charge >= 0.3 is 5.97 Å². The molecule has 5 nitrogen and oxygen atoms in total. The number of hydrogen-bond donors (Lipinski definition) is 2. The van der Waals surface area contributed by atoms with Crippen LogP contribution in [0.1, 0.15) is 12.5 Å². The number of benzene rings is 1.